The number of carbonyl (C=O) groups is 1. The first kappa shape index (κ1) is 15.3. The molecule has 0 saturated carbocycles. The monoisotopic (exact) mass is 276 g/mol. The van der Waals surface area contributed by atoms with Gasteiger partial charge in [-0.3, -0.25) is 0 Å². The molecule has 1 aromatic carbocycles. The third kappa shape index (κ3) is 3.39. The lowest BCUT2D eigenvalue weighted by molar-refractivity contribution is -0.159. The van der Waals surface area contributed by atoms with E-state index < -0.39 is 35.6 Å². The standard InChI is InChI=1S/C12H14F2O5/c1-3-19-12(17)10(16)9(15)7-4-6(13)5-8(14)11(7)18-2/h4-5,9-10,15-16H,3H2,1-2H3. The van der Waals surface area contributed by atoms with Crippen molar-refractivity contribution in [3.05, 3.63) is 29.3 Å². The molecule has 7 heteroatoms. The topological polar surface area (TPSA) is 76.0 Å². The Balaban J connectivity index is 3.11. The Bertz CT molecular complexity index is 464. The molecule has 0 spiro atoms. The number of methoxy groups -OCH3 is 1. The molecular formula is C12H14F2O5. The zero-order chi connectivity index (χ0) is 14.6. The molecule has 0 bridgehead atoms. The number of benzene rings is 1. The lowest BCUT2D eigenvalue weighted by atomic mass is 10.0. The van der Waals surface area contributed by atoms with Gasteiger partial charge < -0.3 is 19.7 Å². The van der Waals surface area contributed by atoms with Gasteiger partial charge in [-0.15, -0.1) is 0 Å². The summed E-state index contributed by atoms with van der Waals surface area (Å²) in [5, 5.41) is 19.3. The maximum Gasteiger partial charge on any atom is 0.338 e. The molecule has 1 rings (SSSR count). The fraction of sp³-hybridized carbons (Fsp3) is 0.417. The first-order chi connectivity index (χ1) is 8.92. The molecule has 0 amide bonds. The smallest absolute Gasteiger partial charge is 0.338 e. The van der Waals surface area contributed by atoms with Crippen LogP contribution in [0.15, 0.2) is 12.1 Å². The predicted molar refractivity (Wildman–Crippen MR) is 60.5 cm³/mol. The molecule has 5 nitrogen and oxygen atoms in total. The van der Waals surface area contributed by atoms with Gasteiger partial charge in [-0.1, -0.05) is 0 Å². The molecular weight excluding hydrogens is 262 g/mol. The predicted octanol–water partition coefficient (Wildman–Crippen LogP) is 0.931. The number of carbonyl (C=O) groups excluding carboxylic acids is 1. The molecule has 2 unspecified atom stereocenters. The second kappa shape index (κ2) is 6.44. The van der Waals surface area contributed by atoms with E-state index in [2.05, 4.69) is 9.47 Å². The van der Waals surface area contributed by atoms with Crippen molar-refractivity contribution in [2.45, 2.75) is 19.1 Å². The van der Waals surface area contributed by atoms with Crippen molar-refractivity contribution in [2.24, 2.45) is 0 Å². The summed E-state index contributed by atoms with van der Waals surface area (Å²) in [7, 11) is 1.11. The van der Waals surface area contributed by atoms with E-state index in [9.17, 15) is 23.8 Å². The third-order valence-corrected chi connectivity index (χ3v) is 2.39. The molecule has 0 fully saturated rings. The van der Waals surface area contributed by atoms with Crippen LogP contribution in [0.2, 0.25) is 0 Å². The highest BCUT2D eigenvalue weighted by atomic mass is 19.1. The van der Waals surface area contributed by atoms with Gasteiger partial charge in [0.25, 0.3) is 0 Å². The van der Waals surface area contributed by atoms with Gasteiger partial charge in [-0.05, 0) is 13.0 Å². The number of aliphatic hydroxyl groups excluding tert-OH is 2. The zero-order valence-electron chi connectivity index (χ0n) is 10.4. The lowest BCUT2D eigenvalue weighted by Gasteiger charge is -2.19. The average molecular weight is 276 g/mol. The SMILES string of the molecule is CCOC(=O)C(O)C(O)c1cc(F)cc(F)c1OC. The van der Waals surface area contributed by atoms with E-state index in [0.717, 1.165) is 13.2 Å². The summed E-state index contributed by atoms with van der Waals surface area (Å²) in [5.41, 5.74) is -0.374. The van der Waals surface area contributed by atoms with E-state index in [1.807, 2.05) is 0 Å². The second-order valence-electron chi connectivity index (χ2n) is 3.65. The minimum atomic E-state index is -1.96. The molecule has 0 heterocycles. The van der Waals surface area contributed by atoms with Crippen molar-refractivity contribution in [2.75, 3.05) is 13.7 Å². The highest BCUT2D eigenvalue weighted by Crippen LogP contribution is 2.31. The second-order valence-corrected chi connectivity index (χ2v) is 3.65. The Morgan fingerprint density at radius 1 is 1.37 bits per heavy atom. The molecule has 2 N–H and O–H groups in total. The normalized spacial score (nSPS) is 13.8. The number of ether oxygens (including phenoxy) is 2. The Hall–Kier alpha value is -1.73. The van der Waals surface area contributed by atoms with Crippen molar-refractivity contribution >= 4 is 5.97 Å². The zero-order valence-corrected chi connectivity index (χ0v) is 10.4. The van der Waals surface area contributed by atoms with Crippen molar-refractivity contribution in [3.63, 3.8) is 0 Å². The van der Waals surface area contributed by atoms with Crippen molar-refractivity contribution in [1.29, 1.82) is 0 Å². The summed E-state index contributed by atoms with van der Waals surface area (Å²) in [6.45, 7) is 1.51. The van der Waals surface area contributed by atoms with Gasteiger partial charge in [0, 0.05) is 11.6 Å². The molecule has 0 aliphatic rings. The summed E-state index contributed by atoms with van der Waals surface area (Å²) in [6.07, 6.45) is -3.82. The van der Waals surface area contributed by atoms with E-state index in [1.54, 1.807) is 0 Å². The molecule has 106 valence electrons. The summed E-state index contributed by atoms with van der Waals surface area (Å²) < 4.78 is 35.7. The van der Waals surface area contributed by atoms with Crippen LogP contribution < -0.4 is 4.74 Å². The molecule has 0 aliphatic heterocycles. The largest absolute Gasteiger partial charge is 0.493 e. The van der Waals surface area contributed by atoms with Gasteiger partial charge in [-0.2, -0.15) is 0 Å². The summed E-state index contributed by atoms with van der Waals surface area (Å²) in [5.74, 6) is -3.56. The van der Waals surface area contributed by atoms with Gasteiger partial charge in [-0.25, -0.2) is 13.6 Å². The maximum absolute atomic E-state index is 13.4. The maximum atomic E-state index is 13.4. The van der Waals surface area contributed by atoms with Crippen LogP contribution in [0.25, 0.3) is 0 Å². The number of aliphatic hydroxyl groups is 2. The summed E-state index contributed by atoms with van der Waals surface area (Å²) in [4.78, 5) is 11.3. The first-order valence-corrected chi connectivity index (χ1v) is 5.48. The highest BCUT2D eigenvalue weighted by Gasteiger charge is 2.30. The van der Waals surface area contributed by atoms with Gasteiger partial charge >= 0.3 is 5.97 Å². The van der Waals surface area contributed by atoms with Crippen LogP contribution in [0, 0.1) is 11.6 Å². The van der Waals surface area contributed by atoms with E-state index in [1.165, 1.54) is 6.92 Å². The van der Waals surface area contributed by atoms with Crippen LogP contribution in [0.4, 0.5) is 8.78 Å². The highest BCUT2D eigenvalue weighted by molar-refractivity contribution is 5.75. The van der Waals surface area contributed by atoms with Crippen LogP contribution in [0.5, 0.6) is 5.75 Å². The van der Waals surface area contributed by atoms with E-state index >= 15 is 0 Å². The Morgan fingerprint density at radius 2 is 2.00 bits per heavy atom. The molecule has 1 aromatic rings. The number of hydrogen-bond donors (Lipinski definition) is 2. The van der Waals surface area contributed by atoms with Crippen LogP contribution >= 0.6 is 0 Å². The Morgan fingerprint density at radius 3 is 2.53 bits per heavy atom. The van der Waals surface area contributed by atoms with Gasteiger partial charge in [0.2, 0.25) is 0 Å². The van der Waals surface area contributed by atoms with E-state index in [4.69, 9.17) is 0 Å². The van der Waals surface area contributed by atoms with E-state index in [0.29, 0.717) is 6.07 Å². The average Bonchev–Trinajstić information content (AvgIpc) is 2.36. The Kier molecular flexibility index (Phi) is 5.20. The van der Waals surface area contributed by atoms with Gasteiger partial charge in [0.15, 0.2) is 17.7 Å². The van der Waals surface area contributed by atoms with Gasteiger partial charge in [0.05, 0.1) is 13.7 Å². The quantitative estimate of drug-likeness (QED) is 0.782. The molecule has 2 atom stereocenters. The first-order valence-electron chi connectivity index (χ1n) is 5.48. The number of halogens is 2. The van der Waals surface area contributed by atoms with Crippen LogP contribution in [-0.4, -0.2) is 36.0 Å². The Labute approximate surface area is 108 Å². The third-order valence-electron chi connectivity index (χ3n) is 2.39. The minimum Gasteiger partial charge on any atom is -0.493 e. The van der Waals surface area contributed by atoms with Crippen molar-refractivity contribution in [1.82, 2.24) is 0 Å². The molecule has 0 radical (unpaired) electrons. The van der Waals surface area contributed by atoms with Crippen molar-refractivity contribution in [3.8, 4) is 5.75 Å². The van der Waals surface area contributed by atoms with Crippen LogP contribution in [0.3, 0.4) is 0 Å². The summed E-state index contributed by atoms with van der Waals surface area (Å²) >= 11 is 0. The van der Waals surface area contributed by atoms with E-state index in [-0.39, 0.29) is 12.2 Å². The number of esters is 1. The van der Waals surface area contributed by atoms with Crippen LogP contribution in [0.1, 0.15) is 18.6 Å². The van der Waals surface area contributed by atoms with Crippen LogP contribution in [-0.2, 0) is 9.53 Å². The molecule has 0 aromatic heterocycles. The minimum absolute atomic E-state index is 0.00272. The fourth-order valence-corrected chi connectivity index (χ4v) is 1.54. The molecule has 0 aliphatic carbocycles. The molecule has 0 saturated heterocycles. The molecule has 19 heavy (non-hydrogen) atoms. The fourth-order valence-electron chi connectivity index (χ4n) is 1.54. The number of hydrogen-bond acceptors (Lipinski definition) is 5. The van der Waals surface area contributed by atoms with Crippen molar-refractivity contribution < 1.29 is 33.3 Å². The number of rotatable bonds is 5. The lowest BCUT2D eigenvalue weighted by Crippen LogP contribution is -2.30. The summed E-state index contributed by atoms with van der Waals surface area (Å²) in [6, 6.07) is 1.33. The van der Waals surface area contributed by atoms with Gasteiger partial charge in [0.1, 0.15) is 11.9 Å².